The molecule has 2 aliphatic heterocycles. The summed E-state index contributed by atoms with van der Waals surface area (Å²) in [5, 5.41) is 22.9. The molecular weight excluding hydrogens is 683 g/mol. The summed E-state index contributed by atoms with van der Waals surface area (Å²) < 4.78 is 31.7. The molecule has 5 heterocycles. The highest BCUT2D eigenvalue weighted by atomic mass is 19.4. The molecule has 0 spiro atoms. The number of carboxylic acid groups (broad SMARTS) is 1. The Morgan fingerprint density at radius 2 is 1.57 bits per heavy atom. The Balaban J connectivity index is 0.000000281. The number of piperidine rings is 2. The van der Waals surface area contributed by atoms with Crippen LogP contribution in [0.25, 0.3) is 32.9 Å². The lowest BCUT2D eigenvalue weighted by molar-refractivity contribution is -0.192. The van der Waals surface area contributed by atoms with Crippen LogP contribution in [-0.4, -0.2) is 74.4 Å². The predicted molar refractivity (Wildman–Crippen MR) is 203 cm³/mol. The van der Waals surface area contributed by atoms with Crippen LogP contribution in [0.4, 0.5) is 18.9 Å². The summed E-state index contributed by atoms with van der Waals surface area (Å²) in [4.78, 5) is 32.7. The second-order valence-electron chi connectivity index (χ2n) is 14.6. The maximum Gasteiger partial charge on any atom is 0.490 e. The zero-order chi connectivity index (χ0) is 38.1. The van der Waals surface area contributed by atoms with Crippen LogP contribution in [0.3, 0.4) is 0 Å². The third kappa shape index (κ3) is 10.7. The van der Waals surface area contributed by atoms with Crippen LogP contribution in [0.15, 0.2) is 67.0 Å². The number of halogens is 3. The van der Waals surface area contributed by atoms with Gasteiger partial charge in [-0.15, -0.1) is 0 Å². The molecule has 2 aromatic carbocycles. The number of aliphatic carboxylic acids is 1. The number of nitrogens with one attached hydrogen (secondary N) is 4. The molecule has 0 radical (unpaired) electrons. The van der Waals surface area contributed by atoms with E-state index >= 15 is 0 Å². The van der Waals surface area contributed by atoms with E-state index in [0.29, 0.717) is 11.4 Å². The maximum atomic E-state index is 13.3. The van der Waals surface area contributed by atoms with E-state index in [9.17, 15) is 18.0 Å². The van der Waals surface area contributed by atoms with E-state index in [4.69, 9.17) is 14.9 Å². The summed E-state index contributed by atoms with van der Waals surface area (Å²) in [5.41, 5.74) is 6.09. The highest BCUT2D eigenvalue weighted by molar-refractivity contribution is 6.09. The highest BCUT2D eigenvalue weighted by Crippen LogP contribution is 2.34. The number of fused-ring (bicyclic) bond motifs is 2. The van der Waals surface area contributed by atoms with Crippen molar-refractivity contribution in [1.29, 1.82) is 0 Å². The van der Waals surface area contributed by atoms with Gasteiger partial charge in [-0.05, 0) is 123 Å². The number of carbonyl (C=O) groups is 2. The van der Waals surface area contributed by atoms with Crippen molar-refractivity contribution >= 4 is 39.4 Å². The van der Waals surface area contributed by atoms with Crippen molar-refractivity contribution < 1.29 is 27.9 Å². The van der Waals surface area contributed by atoms with Gasteiger partial charge in [0, 0.05) is 29.0 Å². The Bertz CT molecular complexity index is 1960. The van der Waals surface area contributed by atoms with Crippen LogP contribution in [0.5, 0.6) is 0 Å². The molecule has 0 atom stereocenters. The SMILES string of the molecule is CC(C)C1CCN(Cc2cccc(C(=O)Nc3cc(-c4cccc5[nH]ccc45)cc4[nH]ncc34)n2)CC1.CC(C)C1CCNCC1.O=C(O)C(F)(F)F. The smallest absolute Gasteiger partial charge is 0.475 e. The molecule has 7 rings (SSSR count). The maximum absolute atomic E-state index is 13.3. The molecule has 53 heavy (non-hydrogen) atoms. The first-order chi connectivity index (χ1) is 25.3. The average molecular weight is 734 g/mol. The lowest BCUT2D eigenvalue weighted by Gasteiger charge is -2.33. The van der Waals surface area contributed by atoms with E-state index in [0.717, 1.165) is 81.9 Å². The molecular formula is C40H50F3N7O3. The van der Waals surface area contributed by atoms with Crippen LogP contribution in [0.2, 0.25) is 0 Å². The Kier molecular flexibility index (Phi) is 13.3. The van der Waals surface area contributed by atoms with Gasteiger partial charge in [0.2, 0.25) is 0 Å². The van der Waals surface area contributed by atoms with E-state index in [1.54, 1.807) is 12.3 Å². The second kappa shape index (κ2) is 17.8. The fourth-order valence-corrected chi connectivity index (χ4v) is 7.05. The summed E-state index contributed by atoms with van der Waals surface area (Å²) in [5.74, 6) is 0.454. The molecule has 284 valence electrons. The number of anilines is 1. The fraction of sp³-hybridized carbons (Fsp3) is 0.450. The van der Waals surface area contributed by atoms with Crippen molar-refractivity contribution in [2.45, 2.75) is 66.1 Å². The summed E-state index contributed by atoms with van der Waals surface area (Å²) in [6.45, 7) is 14.7. The second-order valence-corrected chi connectivity index (χ2v) is 14.6. The Morgan fingerprint density at radius 1 is 0.906 bits per heavy atom. The molecule has 0 unspecified atom stereocenters. The number of aromatic amines is 2. The normalized spacial score (nSPS) is 15.9. The number of alkyl halides is 3. The summed E-state index contributed by atoms with van der Waals surface area (Å²) in [7, 11) is 0. The molecule has 2 fully saturated rings. The van der Waals surface area contributed by atoms with Gasteiger partial charge in [0.1, 0.15) is 5.69 Å². The molecule has 2 aliphatic rings. The van der Waals surface area contributed by atoms with Gasteiger partial charge in [0.25, 0.3) is 5.91 Å². The Morgan fingerprint density at radius 3 is 2.21 bits per heavy atom. The molecule has 3 aromatic heterocycles. The minimum atomic E-state index is -5.08. The van der Waals surface area contributed by atoms with Crippen molar-refractivity contribution in [3.05, 3.63) is 78.4 Å². The topological polar surface area (TPSA) is 139 Å². The molecule has 0 bridgehead atoms. The molecule has 1 amide bonds. The van der Waals surface area contributed by atoms with Crippen LogP contribution in [0, 0.1) is 23.7 Å². The molecule has 10 nitrogen and oxygen atoms in total. The number of hydrogen-bond acceptors (Lipinski definition) is 6. The Labute approximate surface area is 308 Å². The van der Waals surface area contributed by atoms with Crippen LogP contribution >= 0.6 is 0 Å². The van der Waals surface area contributed by atoms with Gasteiger partial charge >= 0.3 is 12.1 Å². The van der Waals surface area contributed by atoms with Gasteiger partial charge < -0.3 is 20.7 Å². The largest absolute Gasteiger partial charge is 0.490 e. The summed E-state index contributed by atoms with van der Waals surface area (Å²) >= 11 is 0. The van der Waals surface area contributed by atoms with Crippen molar-refractivity contribution in [1.82, 2.24) is 30.4 Å². The molecule has 5 N–H and O–H groups in total. The quantitative estimate of drug-likeness (QED) is 0.113. The molecule has 2 saturated heterocycles. The van der Waals surface area contributed by atoms with Crippen molar-refractivity contribution in [2.24, 2.45) is 23.7 Å². The van der Waals surface area contributed by atoms with E-state index in [1.165, 1.54) is 38.8 Å². The van der Waals surface area contributed by atoms with Crippen LogP contribution < -0.4 is 10.6 Å². The number of hydrogen-bond donors (Lipinski definition) is 5. The van der Waals surface area contributed by atoms with Gasteiger partial charge in [0.15, 0.2) is 0 Å². The minimum absolute atomic E-state index is 0.222. The van der Waals surface area contributed by atoms with Crippen molar-refractivity contribution in [3.8, 4) is 11.1 Å². The fourth-order valence-electron chi connectivity index (χ4n) is 7.05. The lowest BCUT2D eigenvalue weighted by Crippen LogP contribution is -2.35. The van der Waals surface area contributed by atoms with Crippen LogP contribution in [-0.2, 0) is 11.3 Å². The highest BCUT2D eigenvalue weighted by Gasteiger charge is 2.38. The molecule has 5 aromatic rings. The van der Waals surface area contributed by atoms with Gasteiger partial charge in [-0.2, -0.15) is 18.3 Å². The number of carboxylic acids is 1. The summed E-state index contributed by atoms with van der Waals surface area (Å²) in [6.07, 6.45) is 3.83. The number of nitrogens with zero attached hydrogens (tertiary/aromatic N) is 3. The first-order valence-corrected chi connectivity index (χ1v) is 18.3. The number of amides is 1. The van der Waals surface area contributed by atoms with E-state index in [-0.39, 0.29) is 5.91 Å². The number of likely N-dealkylation sites (tertiary alicyclic amines) is 1. The van der Waals surface area contributed by atoms with Crippen molar-refractivity contribution in [3.63, 3.8) is 0 Å². The monoisotopic (exact) mass is 733 g/mol. The molecule has 0 aliphatic carbocycles. The molecule has 0 saturated carbocycles. The number of rotatable bonds is 7. The lowest BCUT2D eigenvalue weighted by atomic mass is 9.87. The Hall–Kier alpha value is -4.75. The first kappa shape index (κ1) is 39.5. The van der Waals surface area contributed by atoms with Gasteiger partial charge in [-0.25, -0.2) is 9.78 Å². The first-order valence-electron chi connectivity index (χ1n) is 18.3. The minimum Gasteiger partial charge on any atom is -0.475 e. The third-order valence-corrected chi connectivity index (χ3v) is 10.3. The predicted octanol–water partition coefficient (Wildman–Crippen LogP) is 8.50. The van der Waals surface area contributed by atoms with Crippen LogP contribution in [0.1, 0.15) is 69.6 Å². The number of H-pyrrole nitrogens is 2. The number of pyridine rings is 1. The number of benzene rings is 2. The molecule has 13 heteroatoms. The van der Waals surface area contributed by atoms with Gasteiger partial charge in [0.05, 0.1) is 23.1 Å². The number of carbonyl (C=O) groups excluding carboxylic acids is 1. The van der Waals surface area contributed by atoms with E-state index < -0.39 is 12.1 Å². The average Bonchev–Trinajstić information content (AvgIpc) is 3.83. The third-order valence-electron chi connectivity index (χ3n) is 10.3. The number of aromatic nitrogens is 4. The van der Waals surface area contributed by atoms with Crippen molar-refractivity contribution in [2.75, 3.05) is 31.5 Å². The zero-order valence-corrected chi connectivity index (χ0v) is 30.8. The van der Waals surface area contributed by atoms with E-state index in [1.807, 2.05) is 30.5 Å². The van der Waals surface area contributed by atoms with Gasteiger partial charge in [-0.3, -0.25) is 14.8 Å². The standard InChI is InChI=1S/C30H32N6O.C8H17N.C2HF3O2/c1-19(2)20-10-13-36(14-11-20)18-22-5-3-8-27(33-22)30(37)34-28-15-21(16-29-25(28)17-32-35-29)23-6-4-7-26-24(23)9-12-31-26;1-7(2)8-3-5-9-6-4-8;3-2(4,5)1(6)7/h3-9,12,15-17,19-20,31H,10-11,13-14,18H2,1-2H3,(H,32,35)(H,34,37);7-9H,3-6H2,1-2H3;(H,6,7). The zero-order valence-electron chi connectivity index (χ0n) is 30.8. The van der Waals surface area contributed by atoms with E-state index in [2.05, 4.69) is 82.7 Å². The summed E-state index contributed by atoms with van der Waals surface area (Å²) in [6, 6.07) is 18.1. The van der Waals surface area contributed by atoms with Gasteiger partial charge in [-0.1, -0.05) is 45.9 Å².